The standard InChI is InChI=1S/C27H27BClN6O4/c1-15(37)12-32-25(38)18-9-23(39-4)22(10-20(18)29)34-26-31-6-5-21(33-26)16-7-17(11-30)24-19(8-16)27(2,3)13-35(24)28-14-36/h5-10,14-15,37H,12-13H2,1-4H3,(H,32,38)(H,31,33,34). The van der Waals surface area contributed by atoms with E-state index in [0.717, 1.165) is 23.0 Å². The Labute approximate surface area is 232 Å². The van der Waals surface area contributed by atoms with Crippen molar-refractivity contribution in [2.24, 2.45) is 0 Å². The van der Waals surface area contributed by atoms with Gasteiger partial charge in [0.05, 0.1) is 40.7 Å². The van der Waals surface area contributed by atoms with Gasteiger partial charge < -0.3 is 30.1 Å². The molecule has 2 heterocycles. The maximum atomic E-state index is 12.5. The number of nitrogens with one attached hydrogen (secondary N) is 2. The molecule has 3 aromatic rings. The lowest BCUT2D eigenvalue weighted by molar-refractivity contribution is 0.0924. The summed E-state index contributed by atoms with van der Waals surface area (Å²) in [5, 5.41) is 25.2. The van der Waals surface area contributed by atoms with E-state index in [9.17, 15) is 20.0 Å². The molecule has 0 bridgehead atoms. The maximum absolute atomic E-state index is 12.5. The van der Waals surface area contributed by atoms with Gasteiger partial charge in [0.25, 0.3) is 5.91 Å². The Morgan fingerprint density at radius 2 is 2.15 bits per heavy atom. The van der Waals surface area contributed by atoms with Crippen molar-refractivity contribution in [3.63, 3.8) is 0 Å². The average molecular weight is 546 g/mol. The van der Waals surface area contributed by atoms with E-state index in [1.165, 1.54) is 26.7 Å². The Hall–Kier alpha value is -4.14. The van der Waals surface area contributed by atoms with Crippen molar-refractivity contribution < 1.29 is 19.4 Å². The van der Waals surface area contributed by atoms with Crippen LogP contribution in [0.3, 0.4) is 0 Å². The Bertz CT molecular complexity index is 1470. The number of aliphatic hydroxyl groups excluding tert-OH is 1. The molecule has 1 aromatic heterocycles. The number of nitriles is 1. The van der Waals surface area contributed by atoms with Crippen LogP contribution in [-0.4, -0.2) is 60.9 Å². The van der Waals surface area contributed by atoms with Gasteiger partial charge in [-0.1, -0.05) is 25.4 Å². The summed E-state index contributed by atoms with van der Waals surface area (Å²) in [4.78, 5) is 34.4. The average Bonchev–Trinajstić information content (AvgIpc) is 3.16. The Morgan fingerprint density at radius 1 is 1.38 bits per heavy atom. The highest BCUT2D eigenvalue weighted by atomic mass is 35.5. The number of hydrogen-bond acceptors (Lipinski definition) is 9. The van der Waals surface area contributed by atoms with E-state index in [0.29, 0.717) is 29.2 Å². The second kappa shape index (κ2) is 11.3. The third-order valence-corrected chi connectivity index (χ3v) is 6.66. The number of hydrogen-bond donors (Lipinski definition) is 3. The number of methoxy groups -OCH3 is 1. The topological polar surface area (TPSA) is 140 Å². The molecule has 3 N–H and O–H groups in total. The van der Waals surface area contributed by atoms with Crippen LogP contribution < -0.4 is 20.2 Å². The number of ether oxygens (including phenoxy) is 1. The van der Waals surface area contributed by atoms with E-state index in [1.807, 2.05) is 10.9 Å². The molecule has 199 valence electrons. The third kappa shape index (κ3) is 5.82. The van der Waals surface area contributed by atoms with Gasteiger partial charge in [0, 0.05) is 36.0 Å². The van der Waals surface area contributed by atoms with Crippen LogP contribution in [-0.2, 0) is 10.2 Å². The molecular formula is C27H27BClN6O4. The summed E-state index contributed by atoms with van der Waals surface area (Å²) >= 11 is 6.39. The zero-order valence-electron chi connectivity index (χ0n) is 21.9. The van der Waals surface area contributed by atoms with E-state index >= 15 is 0 Å². The van der Waals surface area contributed by atoms with E-state index in [1.54, 1.807) is 25.3 Å². The summed E-state index contributed by atoms with van der Waals surface area (Å²) < 4.78 is 5.46. The van der Waals surface area contributed by atoms with Crippen LogP contribution >= 0.6 is 11.6 Å². The first-order valence-corrected chi connectivity index (χ1v) is 12.5. The molecule has 0 aliphatic carbocycles. The number of aromatic nitrogens is 2. The molecule has 0 spiro atoms. The number of carbonyl (C=O) groups is 2. The largest absolute Gasteiger partial charge is 0.495 e. The Kier molecular flexibility index (Phi) is 8.09. The normalized spacial score (nSPS) is 14.1. The van der Waals surface area contributed by atoms with Gasteiger partial charge in [-0.2, -0.15) is 5.26 Å². The summed E-state index contributed by atoms with van der Waals surface area (Å²) in [5.74, 6) is 0.150. The fourth-order valence-corrected chi connectivity index (χ4v) is 4.76. The SMILES string of the molecule is COc1cc(C(=O)NCC(C)O)c(Cl)cc1Nc1nccc(-c2cc(C#N)c3c(c2)C(C)(C)CN3[B]C=O)n1. The molecule has 39 heavy (non-hydrogen) atoms. The molecule has 2 aromatic carbocycles. The molecule has 1 radical (unpaired) electrons. The summed E-state index contributed by atoms with van der Waals surface area (Å²) in [7, 11) is 2.91. The van der Waals surface area contributed by atoms with Gasteiger partial charge in [0.1, 0.15) is 18.0 Å². The highest BCUT2D eigenvalue weighted by Gasteiger charge is 2.37. The molecule has 1 amide bonds. The predicted molar refractivity (Wildman–Crippen MR) is 150 cm³/mol. The van der Waals surface area contributed by atoms with Crippen molar-refractivity contribution in [3.8, 4) is 23.1 Å². The van der Waals surface area contributed by atoms with Crippen LogP contribution in [0.1, 0.15) is 42.3 Å². The number of rotatable bonds is 9. The molecule has 1 aliphatic rings. The van der Waals surface area contributed by atoms with E-state index in [4.69, 9.17) is 16.3 Å². The van der Waals surface area contributed by atoms with Crippen molar-refractivity contribution in [2.75, 3.05) is 30.3 Å². The number of carbonyl (C=O) groups excluding carboxylic acids is 2. The zero-order valence-corrected chi connectivity index (χ0v) is 22.7. The fraction of sp³-hybridized carbons (Fsp3) is 0.296. The molecule has 10 nitrogen and oxygen atoms in total. The number of nitrogens with zero attached hydrogens (tertiary/aromatic N) is 4. The molecule has 12 heteroatoms. The van der Waals surface area contributed by atoms with Gasteiger partial charge in [0.2, 0.25) is 5.95 Å². The van der Waals surface area contributed by atoms with Crippen molar-refractivity contribution in [2.45, 2.75) is 32.3 Å². The van der Waals surface area contributed by atoms with E-state index < -0.39 is 12.0 Å². The highest BCUT2D eigenvalue weighted by Crippen LogP contribution is 2.44. The Balaban J connectivity index is 1.67. The molecule has 0 saturated heterocycles. The maximum Gasteiger partial charge on any atom is 0.329 e. The molecule has 1 unspecified atom stereocenters. The molecule has 0 saturated carbocycles. The fourth-order valence-electron chi connectivity index (χ4n) is 4.51. The van der Waals surface area contributed by atoms with Gasteiger partial charge in [-0.15, -0.1) is 0 Å². The van der Waals surface area contributed by atoms with Gasteiger partial charge in [0.15, 0.2) is 0 Å². The first kappa shape index (κ1) is 27.9. The molecule has 0 fully saturated rings. The number of fused-ring (bicyclic) bond motifs is 1. The van der Waals surface area contributed by atoms with Crippen LogP contribution in [0.5, 0.6) is 5.75 Å². The monoisotopic (exact) mass is 545 g/mol. The van der Waals surface area contributed by atoms with Gasteiger partial charge in [-0.05, 0) is 42.8 Å². The highest BCUT2D eigenvalue weighted by molar-refractivity contribution is 6.70. The van der Waals surface area contributed by atoms with Crippen molar-refractivity contribution in [1.29, 1.82) is 5.26 Å². The van der Waals surface area contributed by atoms with Gasteiger partial charge in [-0.25, -0.2) is 9.97 Å². The predicted octanol–water partition coefficient (Wildman–Crippen LogP) is 3.44. The quantitative estimate of drug-likeness (QED) is 0.272. The van der Waals surface area contributed by atoms with Crippen LogP contribution in [0, 0.1) is 11.3 Å². The lowest BCUT2D eigenvalue weighted by Crippen LogP contribution is -2.32. The van der Waals surface area contributed by atoms with E-state index in [2.05, 4.69) is 40.5 Å². The van der Waals surface area contributed by atoms with Gasteiger partial charge >= 0.3 is 7.41 Å². The first-order chi connectivity index (χ1) is 18.6. The van der Waals surface area contributed by atoms with Crippen molar-refractivity contribution in [3.05, 3.63) is 58.2 Å². The third-order valence-electron chi connectivity index (χ3n) is 6.34. The van der Waals surface area contributed by atoms with Crippen LogP contribution in [0.2, 0.25) is 5.02 Å². The summed E-state index contributed by atoms with van der Waals surface area (Å²) in [6, 6.07) is 10.8. The summed E-state index contributed by atoms with van der Waals surface area (Å²) in [5.41, 5.74) is 3.77. The molecule has 4 rings (SSSR count). The van der Waals surface area contributed by atoms with Gasteiger partial charge in [-0.3, -0.25) is 4.79 Å². The number of benzene rings is 2. The minimum atomic E-state index is -0.699. The number of amides is 1. The van der Waals surface area contributed by atoms with E-state index in [-0.39, 0.29) is 28.5 Å². The first-order valence-electron chi connectivity index (χ1n) is 12.2. The molecular weight excluding hydrogens is 519 g/mol. The van der Waals surface area contributed by atoms with Crippen molar-refractivity contribution >= 4 is 48.4 Å². The zero-order chi connectivity index (χ0) is 28.3. The number of anilines is 3. The van der Waals surface area contributed by atoms with Crippen LogP contribution in [0.15, 0.2) is 36.5 Å². The lowest BCUT2D eigenvalue weighted by atomic mass is 9.84. The summed E-state index contributed by atoms with van der Waals surface area (Å²) in [6.07, 6.45) is 1.61. The number of aliphatic hydroxyl groups is 1. The second-order valence-electron chi connectivity index (χ2n) is 9.81. The lowest BCUT2D eigenvalue weighted by Gasteiger charge is -2.20. The summed E-state index contributed by atoms with van der Waals surface area (Å²) in [6.45, 7) is 6.34. The molecule has 1 aliphatic heterocycles. The second-order valence-corrected chi connectivity index (χ2v) is 10.2. The smallest absolute Gasteiger partial charge is 0.329 e. The Morgan fingerprint density at radius 3 is 2.82 bits per heavy atom. The number of halogens is 1. The minimum absolute atomic E-state index is 0.0822. The minimum Gasteiger partial charge on any atom is -0.495 e. The molecule has 1 atom stereocenters. The van der Waals surface area contributed by atoms with Crippen LogP contribution in [0.25, 0.3) is 11.3 Å². The van der Waals surface area contributed by atoms with Crippen molar-refractivity contribution in [1.82, 2.24) is 15.3 Å². The van der Waals surface area contributed by atoms with Crippen LogP contribution in [0.4, 0.5) is 17.3 Å².